The number of ether oxygens (including phenoxy) is 1. The molecule has 0 saturated carbocycles. The number of hydrogen-bond acceptors (Lipinski definition) is 3. The molecule has 0 aliphatic carbocycles. The summed E-state index contributed by atoms with van der Waals surface area (Å²) in [5.74, 6) is 0.918. The molecule has 1 saturated heterocycles. The summed E-state index contributed by atoms with van der Waals surface area (Å²) in [6.45, 7) is 5.59. The van der Waals surface area contributed by atoms with Crippen LogP contribution in [0.4, 0.5) is 0 Å². The lowest BCUT2D eigenvalue weighted by molar-refractivity contribution is 0.0697. The minimum Gasteiger partial charge on any atom is -0.381 e. The smallest absolute Gasteiger partial charge is 0.160 e. The molecule has 2 aromatic rings. The quantitative estimate of drug-likeness (QED) is 0.791. The molecular weight excluding hydrogens is 262 g/mol. The molecule has 0 spiro atoms. The second kappa shape index (κ2) is 5.10. The number of aryl methyl sites for hydroxylation is 1. The minimum atomic E-state index is -0.114. The lowest BCUT2D eigenvalue weighted by Gasteiger charge is -2.25. The van der Waals surface area contributed by atoms with E-state index in [9.17, 15) is 0 Å². The molecule has 5 heteroatoms. The molecule has 1 unspecified atom stereocenters. The van der Waals surface area contributed by atoms with E-state index in [2.05, 4.69) is 20.6 Å². The van der Waals surface area contributed by atoms with Crippen LogP contribution < -0.4 is 0 Å². The summed E-state index contributed by atoms with van der Waals surface area (Å²) >= 11 is 6.30. The van der Waals surface area contributed by atoms with Gasteiger partial charge >= 0.3 is 0 Å². The Hall–Kier alpha value is -1.13. The Labute approximate surface area is 117 Å². The van der Waals surface area contributed by atoms with Crippen LogP contribution in [0.1, 0.15) is 42.6 Å². The first kappa shape index (κ1) is 12.9. The van der Waals surface area contributed by atoms with Crippen molar-refractivity contribution in [1.82, 2.24) is 14.5 Å². The van der Waals surface area contributed by atoms with Crippen molar-refractivity contribution in [3.8, 4) is 0 Å². The van der Waals surface area contributed by atoms with Crippen molar-refractivity contribution in [2.24, 2.45) is 0 Å². The third-order valence-electron chi connectivity index (χ3n) is 3.61. The second-order valence-corrected chi connectivity index (χ2v) is 5.81. The maximum absolute atomic E-state index is 6.30. The van der Waals surface area contributed by atoms with Crippen LogP contribution in [0.25, 0.3) is 11.2 Å². The standard InChI is InChI=1S/C14H18ClN3O/c1-9-7-12-14(16-8-9)18(13(17-12)10(2)15)11-3-5-19-6-4-11/h7-8,10-11H,3-6H2,1-2H3. The normalized spacial score (nSPS) is 18.9. The Morgan fingerprint density at radius 2 is 2.16 bits per heavy atom. The highest BCUT2D eigenvalue weighted by Gasteiger charge is 2.24. The molecule has 1 aliphatic rings. The average molecular weight is 280 g/mol. The molecule has 1 fully saturated rings. The van der Waals surface area contributed by atoms with Crippen molar-refractivity contribution in [1.29, 1.82) is 0 Å². The minimum absolute atomic E-state index is 0.114. The Morgan fingerprint density at radius 3 is 2.84 bits per heavy atom. The summed E-state index contributed by atoms with van der Waals surface area (Å²) in [5, 5.41) is -0.114. The zero-order valence-electron chi connectivity index (χ0n) is 11.3. The van der Waals surface area contributed by atoms with E-state index in [4.69, 9.17) is 16.3 Å². The number of hydrogen-bond donors (Lipinski definition) is 0. The van der Waals surface area contributed by atoms with Gasteiger partial charge in [-0.25, -0.2) is 9.97 Å². The molecule has 3 rings (SSSR count). The summed E-state index contributed by atoms with van der Waals surface area (Å²) in [6.07, 6.45) is 3.89. The van der Waals surface area contributed by atoms with E-state index >= 15 is 0 Å². The topological polar surface area (TPSA) is 39.9 Å². The van der Waals surface area contributed by atoms with Gasteiger partial charge in [-0.1, -0.05) is 0 Å². The first-order valence-electron chi connectivity index (χ1n) is 6.73. The highest BCUT2D eigenvalue weighted by Crippen LogP contribution is 2.31. The van der Waals surface area contributed by atoms with Gasteiger partial charge in [-0.2, -0.15) is 0 Å². The predicted octanol–water partition coefficient (Wildman–Crippen LogP) is 3.39. The fourth-order valence-corrected chi connectivity index (χ4v) is 2.84. The Kier molecular flexibility index (Phi) is 3.46. The van der Waals surface area contributed by atoms with Crippen molar-refractivity contribution in [2.75, 3.05) is 13.2 Å². The number of fused-ring (bicyclic) bond motifs is 1. The van der Waals surface area contributed by atoms with E-state index in [0.717, 1.165) is 48.6 Å². The highest BCUT2D eigenvalue weighted by atomic mass is 35.5. The third-order valence-corrected chi connectivity index (χ3v) is 3.80. The molecule has 102 valence electrons. The second-order valence-electron chi connectivity index (χ2n) is 5.15. The molecule has 0 amide bonds. The number of halogens is 1. The van der Waals surface area contributed by atoms with E-state index in [1.54, 1.807) is 0 Å². The van der Waals surface area contributed by atoms with Crippen molar-refractivity contribution in [2.45, 2.75) is 38.1 Å². The van der Waals surface area contributed by atoms with Gasteiger partial charge in [0.05, 0.1) is 5.38 Å². The van der Waals surface area contributed by atoms with Crippen molar-refractivity contribution < 1.29 is 4.74 Å². The van der Waals surface area contributed by atoms with Crippen LogP contribution >= 0.6 is 11.6 Å². The Bertz CT molecular complexity index is 588. The summed E-state index contributed by atoms with van der Waals surface area (Å²) in [6, 6.07) is 2.46. The molecule has 0 bridgehead atoms. The van der Waals surface area contributed by atoms with Gasteiger partial charge in [-0.15, -0.1) is 11.6 Å². The average Bonchev–Trinajstić information content (AvgIpc) is 2.78. The number of pyridine rings is 1. The highest BCUT2D eigenvalue weighted by molar-refractivity contribution is 6.20. The van der Waals surface area contributed by atoms with Crippen LogP contribution in [0.3, 0.4) is 0 Å². The van der Waals surface area contributed by atoms with Gasteiger partial charge < -0.3 is 9.30 Å². The number of aromatic nitrogens is 3. The van der Waals surface area contributed by atoms with Gasteiger partial charge in [0.2, 0.25) is 0 Å². The van der Waals surface area contributed by atoms with Gasteiger partial charge in [0.15, 0.2) is 5.65 Å². The fraction of sp³-hybridized carbons (Fsp3) is 0.571. The van der Waals surface area contributed by atoms with E-state index in [1.807, 2.05) is 20.0 Å². The number of rotatable bonds is 2. The van der Waals surface area contributed by atoms with Gasteiger partial charge in [-0.3, -0.25) is 0 Å². The van der Waals surface area contributed by atoms with Gasteiger partial charge in [0.1, 0.15) is 11.3 Å². The van der Waals surface area contributed by atoms with Gasteiger partial charge in [0, 0.05) is 25.5 Å². The molecule has 1 aliphatic heterocycles. The molecular formula is C14H18ClN3O. The zero-order valence-corrected chi connectivity index (χ0v) is 12.0. The molecule has 0 aromatic carbocycles. The monoisotopic (exact) mass is 279 g/mol. The number of imidazole rings is 1. The molecule has 1 atom stereocenters. The summed E-state index contributed by atoms with van der Waals surface area (Å²) in [4.78, 5) is 9.24. The molecule has 0 N–H and O–H groups in total. The molecule has 3 heterocycles. The van der Waals surface area contributed by atoms with Crippen LogP contribution in [0.5, 0.6) is 0 Å². The maximum atomic E-state index is 6.30. The zero-order chi connectivity index (χ0) is 13.4. The number of alkyl halides is 1. The summed E-state index contributed by atoms with van der Waals surface area (Å²) in [7, 11) is 0. The van der Waals surface area contributed by atoms with E-state index in [0.29, 0.717) is 6.04 Å². The van der Waals surface area contributed by atoms with Crippen LogP contribution in [0.15, 0.2) is 12.3 Å². The fourth-order valence-electron chi connectivity index (χ4n) is 2.68. The summed E-state index contributed by atoms with van der Waals surface area (Å²) in [5.41, 5.74) is 3.01. The SMILES string of the molecule is Cc1cnc2c(c1)nc(C(C)Cl)n2C1CCOCC1. The first-order valence-corrected chi connectivity index (χ1v) is 7.16. The van der Waals surface area contributed by atoms with Gasteiger partial charge in [-0.05, 0) is 38.3 Å². The Morgan fingerprint density at radius 1 is 1.42 bits per heavy atom. The lowest BCUT2D eigenvalue weighted by Crippen LogP contribution is -2.21. The van der Waals surface area contributed by atoms with Crippen LogP contribution in [-0.4, -0.2) is 27.7 Å². The maximum Gasteiger partial charge on any atom is 0.160 e. The van der Waals surface area contributed by atoms with E-state index < -0.39 is 0 Å². The molecule has 0 radical (unpaired) electrons. The molecule has 19 heavy (non-hydrogen) atoms. The van der Waals surface area contributed by atoms with Crippen molar-refractivity contribution in [3.05, 3.63) is 23.7 Å². The predicted molar refractivity (Wildman–Crippen MR) is 75.6 cm³/mol. The third kappa shape index (κ3) is 2.35. The number of nitrogens with zero attached hydrogens (tertiary/aromatic N) is 3. The van der Waals surface area contributed by atoms with E-state index in [-0.39, 0.29) is 5.38 Å². The largest absolute Gasteiger partial charge is 0.381 e. The Balaban J connectivity index is 2.15. The molecule has 4 nitrogen and oxygen atoms in total. The van der Waals surface area contributed by atoms with Gasteiger partial charge in [0.25, 0.3) is 0 Å². The van der Waals surface area contributed by atoms with Crippen LogP contribution in [0, 0.1) is 6.92 Å². The van der Waals surface area contributed by atoms with Crippen molar-refractivity contribution in [3.63, 3.8) is 0 Å². The summed E-state index contributed by atoms with van der Waals surface area (Å²) < 4.78 is 7.66. The molecule has 2 aromatic heterocycles. The first-order chi connectivity index (χ1) is 9.16. The van der Waals surface area contributed by atoms with E-state index in [1.165, 1.54) is 0 Å². The lowest BCUT2D eigenvalue weighted by atomic mass is 10.1. The van der Waals surface area contributed by atoms with Crippen LogP contribution in [-0.2, 0) is 4.74 Å². The van der Waals surface area contributed by atoms with Crippen molar-refractivity contribution >= 4 is 22.8 Å². The van der Waals surface area contributed by atoms with Crippen LogP contribution in [0.2, 0.25) is 0 Å².